The second kappa shape index (κ2) is 9.84. The zero-order chi connectivity index (χ0) is 25.0. The first-order valence-corrected chi connectivity index (χ1v) is 12.5. The molecule has 0 radical (unpaired) electrons. The number of aryl methyl sites for hydroxylation is 1. The number of hydrogen-bond donors (Lipinski definition) is 3. The topological polar surface area (TPSA) is 127 Å². The Morgan fingerprint density at radius 2 is 1.47 bits per heavy atom. The van der Waals surface area contributed by atoms with Gasteiger partial charge in [-0.1, -0.05) is 6.07 Å². The lowest BCUT2D eigenvalue weighted by Gasteiger charge is -2.12. The second-order valence-electron chi connectivity index (χ2n) is 7.78. The predicted molar refractivity (Wildman–Crippen MR) is 138 cm³/mol. The van der Waals surface area contributed by atoms with Crippen molar-refractivity contribution in [2.24, 2.45) is 0 Å². The summed E-state index contributed by atoms with van der Waals surface area (Å²) in [6.45, 7) is 1.80. The monoisotopic (exact) mass is 498 g/mol. The lowest BCUT2D eigenvalue weighted by molar-refractivity contribution is 0.601. The number of anilines is 5. The van der Waals surface area contributed by atoms with Crippen LogP contribution in [0.2, 0.25) is 0 Å². The van der Waals surface area contributed by atoms with E-state index in [4.69, 9.17) is 0 Å². The molecule has 0 bridgehead atoms. The lowest BCUT2D eigenvalue weighted by atomic mass is 10.3. The third-order valence-electron chi connectivity index (χ3n) is 5.08. The van der Waals surface area contributed by atoms with Gasteiger partial charge in [-0.15, -0.1) is 0 Å². The van der Waals surface area contributed by atoms with E-state index >= 15 is 0 Å². The van der Waals surface area contributed by atoms with E-state index in [0.717, 1.165) is 11.4 Å². The standard InChI is InChI=1S/C25H22N8O2S/c1-18-28-24(17-25(29-18)31-23-5-2-3-14-26-23)30-19-6-8-20(9-7-19)32-36(34,35)22-12-10-21(11-13-22)33-16-4-15-27-33/h2-17,32H,1H3,(H2,26,28,29,30,31). The average Bonchev–Trinajstić information content (AvgIpc) is 3.41. The Kier molecular flexibility index (Phi) is 6.29. The van der Waals surface area contributed by atoms with Crippen LogP contribution in [0.15, 0.2) is 102 Å². The van der Waals surface area contributed by atoms with Gasteiger partial charge >= 0.3 is 0 Å². The van der Waals surface area contributed by atoms with E-state index in [0.29, 0.717) is 29.0 Å². The fraction of sp³-hybridized carbons (Fsp3) is 0.0400. The molecular weight excluding hydrogens is 476 g/mol. The molecule has 5 rings (SSSR count). The van der Waals surface area contributed by atoms with Crippen LogP contribution in [-0.4, -0.2) is 33.2 Å². The van der Waals surface area contributed by atoms with Crippen molar-refractivity contribution >= 4 is 38.9 Å². The van der Waals surface area contributed by atoms with E-state index in [2.05, 4.69) is 35.4 Å². The zero-order valence-electron chi connectivity index (χ0n) is 19.2. The molecule has 3 N–H and O–H groups in total. The van der Waals surface area contributed by atoms with Crippen LogP contribution >= 0.6 is 0 Å². The number of hydrogen-bond acceptors (Lipinski definition) is 8. The quantitative estimate of drug-likeness (QED) is 0.282. The highest BCUT2D eigenvalue weighted by atomic mass is 32.2. The van der Waals surface area contributed by atoms with Crippen molar-refractivity contribution in [3.05, 3.63) is 103 Å². The summed E-state index contributed by atoms with van der Waals surface area (Å²) in [6, 6.07) is 22.5. The van der Waals surface area contributed by atoms with Crippen LogP contribution < -0.4 is 15.4 Å². The minimum absolute atomic E-state index is 0.157. The largest absolute Gasteiger partial charge is 0.340 e. The molecule has 3 aromatic heterocycles. The third kappa shape index (κ3) is 5.47. The Bertz CT molecular complexity index is 1560. The third-order valence-corrected chi connectivity index (χ3v) is 6.48. The maximum atomic E-state index is 12.8. The molecule has 3 heterocycles. The molecular formula is C25H22N8O2S. The van der Waals surface area contributed by atoms with Crippen molar-refractivity contribution in [1.82, 2.24) is 24.7 Å². The predicted octanol–water partition coefficient (Wildman–Crippen LogP) is 4.65. The Labute approximate surface area is 208 Å². The maximum Gasteiger partial charge on any atom is 0.261 e. The SMILES string of the molecule is Cc1nc(Nc2ccc(NS(=O)(=O)c3ccc(-n4cccn4)cc3)cc2)cc(Nc2ccccn2)n1. The molecule has 0 spiro atoms. The van der Waals surface area contributed by atoms with Crippen LogP contribution in [0.25, 0.3) is 5.69 Å². The van der Waals surface area contributed by atoms with Gasteiger partial charge in [-0.3, -0.25) is 4.72 Å². The van der Waals surface area contributed by atoms with Crippen LogP contribution in [0.3, 0.4) is 0 Å². The van der Waals surface area contributed by atoms with E-state index in [1.165, 1.54) is 0 Å². The van der Waals surface area contributed by atoms with Crippen molar-refractivity contribution in [3.8, 4) is 5.69 Å². The van der Waals surface area contributed by atoms with Gasteiger partial charge in [0.25, 0.3) is 10.0 Å². The smallest absolute Gasteiger partial charge is 0.261 e. The van der Waals surface area contributed by atoms with Gasteiger partial charge in [0.2, 0.25) is 0 Å². The molecule has 0 unspecified atom stereocenters. The average molecular weight is 499 g/mol. The summed E-state index contributed by atoms with van der Waals surface area (Å²) in [5.74, 6) is 2.45. The zero-order valence-corrected chi connectivity index (χ0v) is 20.0. The second-order valence-corrected chi connectivity index (χ2v) is 9.46. The Morgan fingerprint density at radius 1 is 0.750 bits per heavy atom. The molecule has 0 aliphatic heterocycles. The molecule has 0 aliphatic carbocycles. The highest BCUT2D eigenvalue weighted by Gasteiger charge is 2.14. The Hall–Kier alpha value is -4.77. The molecule has 11 heteroatoms. The summed E-state index contributed by atoms with van der Waals surface area (Å²) < 4.78 is 29.9. The van der Waals surface area contributed by atoms with E-state index in [-0.39, 0.29) is 4.90 Å². The van der Waals surface area contributed by atoms with E-state index in [9.17, 15) is 8.42 Å². The van der Waals surface area contributed by atoms with Crippen LogP contribution in [0.5, 0.6) is 0 Å². The van der Waals surface area contributed by atoms with Crippen molar-refractivity contribution in [2.45, 2.75) is 11.8 Å². The van der Waals surface area contributed by atoms with Gasteiger partial charge in [-0.25, -0.2) is 28.1 Å². The summed E-state index contributed by atoms with van der Waals surface area (Å²) in [7, 11) is -3.75. The van der Waals surface area contributed by atoms with Gasteiger partial charge in [-0.2, -0.15) is 5.10 Å². The molecule has 0 fully saturated rings. The molecule has 36 heavy (non-hydrogen) atoms. The molecule has 0 atom stereocenters. The van der Waals surface area contributed by atoms with Gasteiger partial charge in [-0.05, 0) is 73.7 Å². The first kappa shape index (κ1) is 23.0. The molecule has 5 aromatic rings. The first-order chi connectivity index (χ1) is 17.4. The van der Waals surface area contributed by atoms with Crippen LogP contribution in [-0.2, 0) is 10.0 Å². The minimum Gasteiger partial charge on any atom is -0.340 e. The van der Waals surface area contributed by atoms with Crippen molar-refractivity contribution < 1.29 is 8.42 Å². The van der Waals surface area contributed by atoms with Crippen molar-refractivity contribution in [1.29, 1.82) is 0 Å². The van der Waals surface area contributed by atoms with Crippen molar-refractivity contribution in [3.63, 3.8) is 0 Å². The number of aromatic nitrogens is 5. The summed E-state index contributed by atoms with van der Waals surface area (Å²) in [5, 5.41) is 10.5. The molecule has 2 aromatic carbocycles. The van der Waals surface area contributed by atoms with Crippen LogP contribution in [0.4, 0.5) is 28.8 Å². The molecule has 180 valence electrons. The summed E-state index contributed by atoms with van der Waals surface area (Å²) in [4.78, 5) is 13.2. The van der Waals surface area contributed by atoms with Gasteiger partial charge in [0, 0.05) is 36.0 Å². The summed E-state index contributed by atoms with van der Waals surface area (Å²) in [6.07, 6.45) is 5.15. The van der Waals surface area contributed by atoms with E-state index in [1.807, 2.05) is 18.2 Å². The Morgan fingerprint density at radius 3 is 2.14 bits per heavy atom. The van der Waals surface area contributed by atoms with Gasteiger partial charge in [0.15, 0.2) is 0 Å². The fourth-order valence-corrected chi connectivity index (χ4v) is 4.51. The number of nitrogens with zero attached hydrogens (tertiary/aromatic N) is 5. The number of pyridine rings is 1. The molecule has 10 nitrogen and oxygen atoms in total. The van der Waals surface area contributed by atoms with Crippen molar-refractivity contribution in [2.75, 3.05) is 15.4 Å². The fourth-order valence-electron chi connectivity index (χ4n) is 3.45. The van der Waals surface area contributed by atoms with Crippen LogP contribution in [0.1, 0.15) is 5.82 Å². The van der Waals surface area contributed by atoms with Crippen LogP contribution in [0, 0.1) is 6.92 Å². The number of benzene rings is 2. The van der Waals surface area contributed by atoms with Gasteiger partial charge < -0.3 is 10.6 Å². The molecule has 0 saturated carbocycles. The molecule has 0 amide bonds. The number of sulfonamides is 1. The molecule has 0 aliphatic rings. The summed E-state index contributed by atoms with van der Waals surface area (Å²) >= 11 is 0. The first-order valence-electron chi connectivity index (χ1n) is 11.0. The summed E-state index contributed by atoms with van der Waals surface area (Å²) in [5.41, 5.74) is 1.95. The minimum atomic E-state index is -3.75. The highest BCUT2D eigenvalue weighted by molar-refractivity contribution is 7.92. The molecule has 0 saturated heterocycles. The Balaban J connectivity index is 1.26. The number of rotatable bonds is 8. The number of nitrogens with one attached hydrogen (secondary N) is 3. The normalized spacial score (nSPS) is 11.1. The maximum absolute atomic E-state index is 12.8. The van der Waals surface area contributed by atoms with E-state index in [1.54, 1.807) is 90.9 Å². The van der Waals surface area contributed by atoms with Gasteiger partial charge in [0.05, 0.1) is 10.6 Å². The van der Waals surface area contributed by atoms with E-state index < -0.39 is 10.0 Å². The highest BCUT2D eigenvalue weighted by Crippen LogP contribution is 2.23. The lowest BCUT2D eigenvalue weighted by Crippen LogP contribution is -2.13. The van der Waals surface area contributed by atoms with Gasteiger partial charge in [0.1, 0.15) is 23.3 Å².